The Kier molecular flexibility index (Phi) is 5.84. The van der Waals surface area contributed by atoms with Crippen molar-refractivity contribution in [2.24, 2.45) is 17.4 Å². The predicted octanol–water partition coefficient (Wildman–Crippen LogP) is 0.902. The third-order valence-corrected chi connectivity index (χ3v) is 3.30. The van der Waals surface area contributed by atoms with E-state index in [0.717, 1.165) is 5.56 Å². The van der Waals surface area contributed by atoms with E-state index in [1.807, 2.05) is 30.3 Å². The SMILES string of the molecule is CC(C)(CC(N)=O)NC(=O)C(Cc1ccccc1)C(N)=S. The molecule has 1 aromatic carbocycles. The van der Waals surface area contributed by atoms with Crippen LogP contribution in [0.15, 0.2) is 30.3 Å². The third-order valence-electron chi connectivity index (χ3n) is 3.02. The maximum Gasteiger partial charge on any atom is 0.230 e. The van der Waals surface area contributed by atoms with Gasteiger partial charge < -0.3 is 16.8 Å². The third kappa shape index (κ3) is 5.91. The van der Waals surface area contributed by atoms with Crippen molar-refractivity contribution in [2.75, 3.05) is 0 Å². The van der Waals surface area contributed by atoms with Crippen LogP contribution in [0.3, 0.4) is 0 Å². The molecular formula is C15H21N3O2S. The monoisotopic (exact) mass is 307 g/mol. The van der Waals surface area contributed by atoms with E-state index in [1.165, 1.54) is 0 Å². The summed E-state index contributed by atoms with van der Waals surface area (Å²) in [6, 6.07) is 9.50. The Morgan fingerprint density at radius 2 is 1.81 bits per heavy atom. The zero-order chi connectivity index (χ0) is 16.0. The summed E-state index contributed by atoms with van der Waals surface area (Å²) in [7, 11) is 0. The summed E-state index contributed by atoms with van der Waals surface area (Å²) in [5.41, 5.74) is 11.1. The molecule has 2 amide bonds. The van der Waals surface area contributed by atoms with Crippen LogP contribution in [0.25, 0.3) is 0 Å². The van der Waals surface area contributed by atoms with E-state index >= 15 is 0 Å². The van der Waals surface area contributed by atoms with Crippen LogP contribution in [0.2, 0.25) is 0 Å². The molecule has 0 radical (unpaired) electrons. The number of carbonyl (C=O) groups excluding carboxylic acids is 2. The zero-order valence-electron chi connectivity index (χ0n) is 12.3. The molecule has 1 rings (SSSR count). The summed E-state index contributed by atoms with van der Waals surface area (Å²) < 4.78 is 0. The number of nitrogens with one attached hydrogen (secondary N) is 1. The van der Waals surface area contributed by atoms with Crippen LogP contribution in [-0.2, 0) is 16.0 Å². The smallest absolute Gasteiger partial charge is 0.230 e. The Morgan fingerprint density at radius 3 is 2.29 bits per heavy atom. The second-order valence-corrected chi connectivity index (χ2v) is 6.13. The number of thiocarbonyl (C=S) groups is 1. The van der Waals surface area contributed by atoms with Crippen molar-refractivity contribution in [3.63, 3.8) is 0 Å². The molecule has 0 aromatic heterocycles. The highest BCUT2D eigenvalue weighted by Crippen LogP contribution is 2.13. The number of rotatable bonds is 7. The van der Waals surface area contributed by atoms with E-state index in [9.17, 15) is 9.59 Å². The first-order chi connectivity index (χ1) is 9.71. The summed E-state index contributed by atoms with van der Waals surface area (Å²) >= 11 is 4.99. The molecule has 0 bridgehead atoms. The molecule has 0 saturated heterocycles. The number of hydrogen-bond acceptors (Lipinski definition) is 3. The van der Waals surface area contributed by atoms with Crippen molar-refractivity contribution >= 4 is 29.0 Å². The summed E-state index contributed by atoms with van der Waals surface area (Å²) in [6.07, 6.45) is 0.475. The lowest BCUT2D eigenvalue weighted by molar-refractivity contribution is -0.125. The number of primary amides is 1. The van der Waals surface area contributed by atoms with E-state index in [0.29, 0.717) is 6.42 Å². The summed E-state index contributed by atoms with van der Waals surface area (Å²) in [6.45, 7) is 3.46. The van der Waals surface area contributed by atoms with Gasteiger partial charge in [0, 0.05) is 12.0 Å². The number of benzene rings is 1. The quantitative estimate of drug-likeness (QED) is 0.652. The highest BCUT2D eigenvalue weighted by molar-refractivity contribution is 7.80. The van der Waals surface area contributed by atoms with Gasteiger partial charge in [0.2, 0.25) is 11.8 Å². The lowest BCUT2D eigenvalue weighted by Gasteiger charge is -2.27. The van der Waals surface area contributed by atoms with E-state index in [1.54, 1.807) is 13.8 Å². The second-order valence-electron chi connectivity index (χ2n) is 5.66. The minimum Gasteiger partial charge on any atom is -0.393 e. The molecule has 0 saturated carbocycles. The molecule has 6 heteroatoms. The average molecular weight is 307 g/mol. The fourth-order valence-corrected chi connectivity index (χ4v) is 2.26. The molecular weight excluding hydrogens is 286 g/mol. The Hall–Kier alpha value is -1.95. The first kappa shape index (κ1) is 17.1. The molecule has 0 spiro atoms. The highest BCUT2D eigenvalue weighted by Gasteiger charge is 2.28. The molecule has 0 heterocycles. The zero-order valence-corrected chi connectivity index (χ0v) is 13.1. The Morgan fingerprint density at radius 1 is 1.24 bits per heavy atom. The van der Waals surface area contributed by atoms with Gasteiger partial charge in [0.05, 0.1) is 10.9 Å². The minimum atomic E-state index is -0.733. The van der Waals surface area contributed by atoms with Gasteiger partial charge in [0.1, 0.15) is 0 Å². The van der Waals surface area contributed by atoms with Gasteiger partial charge in [-0.2, -0.15) is 0 Å². The summed E-state index contributed by atoms with van der Waals surface area (Å²) in [5, 5.41) is 2.78. The molecule has 0 aliphatic heterocycles. The standard InChI is InChI=1S/C15H21N3O2S/c1-15(2,9-12(16)19)18-14(20)11(13(17)21)8-10-6-4-3-5-7-10/h3-7,11H,8-9H2,1-2H3,(H2,16,19)(H2,17,21)(H,18,20). The molecule has 1 atom stereocenters. The van der Waals surface area contributed by atoms with E-state index in [-0.39, 0.29) is 17.3 Å². The van der Waals surface area contributed by atoms with Crippen molar-refractivity contribution in [2.45, 2.75) is 32.2 Å². The lowest BCUT2D eigenvalue weighted by Crippen LogP contribution is -2.50. The van der Waals surface area contributed by atoms with Crippen LogP contribution < -0.4 is 16.8 Å². The fraction of sp³-hybridized carbons (Fsp3) is 0.400. The van der Waals surface area contributed by atoms with Gasteiger partial charge >= 0.3 is 0 Å². The topological polar surface area (TPSA) is 98.2 Å². The normalized spacial score (nSPS) is 12.5. The molecule has 0 aliphatic rings. The van der Waals surface area contributed by atoms with Crippen LogP contribution in [0.1, 0.15) is 25.8 Å². The van der Waals surface area contributed by atoms with Crippen LogP contribution in [0.4, 0.5) is 0 Å². The number of amides is 2. The van der Waals surface area contributed by atoms with Gasteiger partial charge in [0.15, 0.2) is 0 Å². The molecule has 5 nitrogen and oxygen atoms in total. The van der Waals surface area contributed by atoms with Crippen LogP contribution in [-0.4, -0.2) is 22.3 Å². The maximum absolute atomic E-state index is 12.4. The van der Waals surface area contributed by atoms with Crippen LogP contribution in [0.5, 0.6) is 0 Å². The van der Waals surface area contributed by atoms with E-state index in [2.05, 4.69) is 5.32 Å². The predicted molar refractivity (Wildman–Crippen MR) is 86.5 cm³/mol. The highest BCUT2D eigenvalue weighted by atomic mass is 32.1. The van der Waals surface area contributed by atoms with Crippen molar-refractivity contribution in [1.29, 1.82) is 0 Å². The molecule has 114 valence electrons. The molecule has 0 aliphatic carbocycles. The fourth-order valence-electron chi connectivity index (χ4n) is 2.07. The first-order valence-electron chi connectivity index (χ1n) is 6.65. The average Bonchev–Trinajstić information content (AvgIpc) is 2.34. The Bertz CT molecular complexity index is 529. The van der Waals surface area contributed by atoms with Crippen LogP contribution in [0, 0.1) is 5.92 Å². The molecule has 5 N–H and O–H groups in total. The van der Waals surface area contributed by atoms with Gasteiger partial charge in [0.25, 0.3) is 0 Å². The number of hydrogen-bond donors (Lipinski definition) is 3. The molecule has 1 unspecified atom stereocenters. The Labute approximate surface area is 130 Å². The minimum absolute atomic E-state index is 0.0497. The van der Waals surface area contributed by atoms with Crippen LogP contribution >= 0.6 is 12.2 Å². The lowest BCUT2D eigenvalue weighted by atomic mass is 9.95. The van der Waals surface area contributed by atoms with Crippen molar-refractivity contribution < 1.29 is 9.59 Å². The van der Waals surface area contributed by atoms with E-state index < -0.39 is 17.4 Å². The van der Waals surface area contributed by atoms with Gasteiger partial charge in [-0.25, -0.2) is 0 Å². The number of nitrogens with two attached hydrogens (primary N) is 2. The molecule has 0 fully saturated rings. The van der Waals surface area contributed by atoms with Gasteiger partial charge in [-0.15, -0.1) is 0 Å². The van der Waals surface area contributed by atoms with Crippen molar-refractivity contribution in [3.05, 3.63) is 35.9 Å². The summed E-state index contributed by atoms with van der Waals surface area (Å²) in [5.74, 6) is -1.39. The van der Waals surface area contributed by atoms with Crippen molar-refractivity contribution in [1.82, 2.24) is 5.32 Å². The van der Waals surface area contributed by atoms with Gasteiger partial charge in [-0.1, -0.05) is 42.5 Å². The number of carbonyl (C=O) groups is 2. The van der Waals surface area contributed by atoms with Gasteiger partial charge in [-0.05, 0) is 25.8 Å². The Balaban J connectivity index is 2.79. The summed E-state index contributed by atoms with van der Waals surface area (Å²) in [4.78, 5) is 23.5. The van der Waals surface area contributed by atoms with Crippen molar-refractivity contribution in [3.8, 4) is 0 Å². The van der Waals surface area contributed by atoms with Gasteiger partial charge in [-0.3, -0.25) is 9.59 Å². The van der Waals surface area contributed by atoms with E-state index in [4.69, 9.17) is 23.7 Å². The maximum atomic E-state index is 12.4. The molecule has 21 heavy (non-hydrogen) atoms. The second kappa shape index (κ2) is 7.17. The largest absolute Gasteiger partial charge is 0.393 e. The molecule has 1 aromatic rings. The first-order valence-corrected chi connectivity index (χ1v) is 7.05.